The van der Waals surface area contributed by atoms with Crippen molar-refractivity contribution in [1.82, 2.24) is 5.32 Å². The summed E-state index contributed by atoms with van der Waals surface area (Å²) in [6.07, 6.45) is 6.93. The molecule has 1 saturated carbocycles. The molecule has 3 unspecified atom stereocenters. The highest BCUT2D eigenvalue weighted by molar-refractivity contribution is 4.93. The summed E-state index contributed by atoms with van der Waals surface area (Å²) in [6.45, 7) is 9.61. The first-order valence-corrected chi connectivity index (χ1v) is 6.70. The molecule has 15 heavy (non-hydrogen) atoms. The Balaban J connectivity index is 2.65. The van der Waals surface area contributed by atoms with Gasteiger partial charge in [-0.1, -0.05) is 40.5 Å². The minimum Gasteiger partial charge on any atom is -0.316 e. The van der Waals surface area contributed by atoms with Gasteiger partial charge in [-0.15, -0.1) is 0 Å². The first kappa shape index (κ1) is 13.0. The molecule has 0 bridgehead atoms. The van der Waals surface area contributed by atoms with Gasteiger partial charge in [0, 0.05) is 6.04 Å². The summed E-state index contributed by atoms with van der Waals surface area (Å²) < 4.78 is 0. The molecule has 0 aromatic carbocycles. The van der Waals surface area contributed by atoms with Crippen LogP contribution in [0.25, 0.3) is 0 Å². The zero-order chi connectivity index (χ0) is 11.5. The van der Waals surface area contributed by atoms with Crippen LogP contribution in [-0.4, -0.2) is 13.1 Å². The van der Waals surface area contributed by atoms with Crippen molar-refractivity contribution in [3.05, 3.63) is 0 Å². The number of rotatable bonds is 5. The van der Waals surface area contributed by atoms with E-state index in [1.54, 1.807) is 0 Å². The van der Waals surface area contributed by atoms with E-state index >= 15 is 0 Å². The third-order valence-electron chi connectivity index (χ3n) is 4.46. The Labute approximate surface area is 96.0 Å². The molecule has 0 aliphatic heterocycles. The molecule has 1 fully saturated rings. The lowest BCUT2D eigenvalue weighted by molar-refractivity contribution is 0.160. The summed E-state index contributed by atoms with van der Waals surface area (Å²) in [5.74, 6) is 1.70. The molecule has 0 spiro atoms. The van der Waals surface area contributed by atoms with E-state index in [0.717, 1.165) is 17.9 Å². The largest absolute Gasteiger partial charge is 0.316 e. The number of hydrogen-bond acceptors (Lipinski definition) is 1. The van der Waals surface area contributed by atoms with Gasteiger partial charge in [-0.25, -0.2) is 0 Å². The van der Waals surface area contributed by atoms with Crippen molar-refractivity contribution in [2.45, 2.75) is 65.8 Å². The van der Waals surface area contributed by atoms with E-state index in [1.807, 2.05) is 0 Å². The molecule has 0 aromatic heterocycles. The Morgan fingerprint density at radius 3 is 2.47 bits per heavy atom. The van der Waals surface area contributed by atoms with Gasteiger partial charge in [-0.2, -0.15) is 0 Å². The molecule has 0 radical (unpaired) electrons. The van der Waals surface area contributed by atoms with E-state index in [2.05, 4.69) is 40.1 Å². The zero-order valence-electron chi connectivity index (χ0n) is 11.3. The summed E-state index contributed by atoms with van der Waals surface area (Å²) in [5.41, 5.74) is 0.551. The molecule has 1 aliphatic rings. The van der Waals surface area contributed by atoms with E-state index in [0.29, 0.717) is 5.41 Å². The molecular formula is C14H29N. The van der Waals surface area contributed by atoms with Gasteiger partial charge < -0.3 is 5.32 Å². The zero-order valence-corrected chi connectivity index (χ0v) is 11.3. The van der Waals surface area contributed by atoms with Crippen molar-refractivity contribution in [3.63, 3.8) is 0 Å². The molecular weight excluding hydrogens is 182 g/mol. The van der Waals surface area contributed by atoms with Gasteiger partial charge in [0.15, 0.2) is 0 Å². The second-order valence-corrected chi connectivity index (χ2v) is 6.07. The van der Waals surface area contributed by atoms with Crippen molar-refractivity contribution in [1.29, 1.82) is 0 Å². The van der Waals surface area contributed by atoms with E-state index < -0.39 is 0 Å². The molecule has 0 amide bonds. The first-order chi connectivity index (χ1) is 7.03. The van der Waals surface area contributed by atoms with Crippen LogP contribution in [-0.2, 0) is 0 Å². The average Bonchev–Trinajstić information content (AvgIpc) is 2.48. The molecule has 1 aliphatic carbocycles. The van der Waals surface area contributed by atoms with Crippen LogP contribution in [0.2, 0.25) is 0 Å². The molecule has 90 valence electrons. The van der Waals surface area contributed by atoms with Gasteiger partial charge in [-0.3, -0.25) is 0 Å². The summed E-state index contributed by atoms with van der Waals surface area (Å²) in [7, 11) is 2.14. The van der Waals surface area contributed by atoms with Gasteiger partial charge in [0.2, 0.25) is 0 Å². The van der Waals surface area contributed by atoms with E-state index in [9.17, 15) is 0 Å². The molecule has 0 saturated heterocycles. The van der Waals surface area contributed by atoms with Gasteiger partial charge in [0.25, 0.3) is 0 Å². The van der Waals surface area contributed by atoms with E-state index in [1.165, 1.54) is 32.1 Å². The van der Waals surface area contributed by atoms with Crippen LogP contribution >= 0.6 is 0 Å². The van der Waals surface area contributed by atoms with Crippen LogP contribution in [0.3, 0.4) is 0 Å². The third-order valence-corrected chi connectivity index (χ3v) is 4.46. The van der Waals surface area contributed by atoms with Crippen molar-refractivity contribution in [2.24, 2.45) is 17.3 Å². The van der Waals surface area contributed by atoms with E-state index in [-0.39, 0.29) is 0 Å². The maximum atomic E-state index is 3.58. The molecule has 1 heteroatoms. The number of nitrogens with one attached hydrogen (secondary N) is 1. The van der Waals surface area contributed by atoms with Crippen LogP contribution in [0, 0.1) is 17.3 Å². The van der Waals surface area contributed by atoms with Crippen LogP contribution in [0.1, 0.15) is 59.8 Å². The Bertz CT molecular complexity index is 186. The highest BCUT2D eigenvalue weighted by Gasteiger charge is 2.40. The van der Waals surface area contributed by atoms with E-state index in [4.69, 9.17) is 0 Å². The number of hydrogen-bond donors (Lipinski definition) is 1. The quantitative estimate of drug-likeness (QED) is 0.728. The molecule has 1 nitrogen and oxygen atoms in total. The second kappa shape index (κ2) is 5.34. The average molecular weight is 211 g/mol. The lowest BCUT2D eigenvalue weighted by Crippen LogP contribution is -2.43. The molecule has 1 N–H and O–H groups in total. The molecule has 0 aromatic rings. The van der Waals surface area contributed by atoms with Crippen molar-refractivity contribution < 1.29 is 0 Å². The van der Waals surface area contributed by atoms with Crippen LogP contribution in [0.4, 0.5) is 0 Å². The standard InChI is InChI=1S/C14H29N/c1-6-8-11(2)13(15-5)12-9-7-10-14(12,3)4/h11-13,15H,6-10H2,1-5H3. The lowest BCUT2D eigenvalue weighted by Gasteiger charge is -2.37. The maximum Gasteiger partial charge on any atom is 0.0123 e. The smallest absolute Gasteiger partial charge is 0.0123 e. The fourth-order valence-corrected chi connectivity index (χ4v) is 3.54. The highest BCUT2D eigenvalue weighted by Crippen LogP contribution is 2.46. The van der Waals surface area contributed by atoms with Gasteiger partial charge in [-0.05, 0) is 43.6 Å². The predicted molar refractivity (Wildman–Crippen MR) is 68.0 cm³/mol. The van der Waals surface area contributed by atoms with Crippen LogP contribution in [0.5, 0.6) is 0 Å². The third kappa shape index (κ3) is 2.96. The van der Waals surface area contributed by atoms with Crippen molar-refractivity contribution in [2.75, 3.05) is 7.05 Å². The first-order valence-electron chi connectivity index (χ1n) is 6.70. The fraction of sp³-hybridized carbons (Fsp3) is 1.00. The monoisotopic (exact) mass is 211 g/mol. The lowest BCUT2D eigenvalue weighted by atomic mass is 9.73. The second-order valence-electron chi connectivity index (χ2n) is 6.07. The normalized spacial score (nSPS) is 29.0. The van der Waals surface area contributed by atoms with Crippen molar-refractivity contribution in [3.8, 4) is 0 Å². The Kier molecular flexibility index (Phi) is 4.64. The Morgan fingerprint density at radius 2 is 2.07 bits per heavy atom. The summed E-state index contributed by atoms with van der Waals surface area (Å²) >= 11 is 0. The van der Waals surface area contributed by atoms with Gasteiger partial charge >= 0.3 is 0 Å². The van der Waals surface area contributed by atoms with Gasteiger partial charge in [0.1, 0.15) is 0 Å². The minimum absolute atomic E-state index is 0.551. The summed E-state index contributed by atoms with van der Waals surface area (Å²) in [5, 5.41) is 3.58. The Hall–Kier alpha value is -0.0400. The fourth-order valence-electron chi connectivity index (χ4n) is 3.54. The van der Waals surface area contributed by atoms with Crippen molar-refractivity contribution >= 4 is 0 Å². The topological polar surface area (TPSA) is 12.0 Å². The van der Waals surface area contributed by atoms with Crippen LogP contribution in [0.15, 0.2) is 0 Å². The summed E-state index contributed by atoms with van der Waals surface area (Å²) in [6, 6.07) is 0.724. The minimum atomic E-state index is 0.551. The SMILES string of the molecule is CCCC(C)C(NC)C1CCCC1(C)C. The summed E-state index contributed by atoms with van der Waals surface area (Å²) in [4.78, 5) is 0. The Morgan fingerprint density at radius 1 is 1.40 bits per heavy atom. The van der Waals surface area contributed by atoms with Gasteiger partial charge in [0.05, 0.1) is 0 Å². The maximum absolute atomic E-state index is 3.58. The highest BCUT2D eigenvalue weighted by atomic mass is 14.9. The predicted octanol–water partition coefficient (Wildman–Crippen LogP) is 3.84. The molecule has 3 atom stereocenters. The van der Waals surface area contributed by atoms with Crippen LogP contribution < -0.4 is 5.32 Å². The molecule has 1 rings (SSSR count). The molecule has 0 heterocycles.